The normalized spacial score (nSPS) is 22.4. The van der Waals surface area contributed by atoms with Crippen molar-refractivity contribution in [3.05, 3.63) is 71.8 Å². The molecule has 25 heavy (non-hydrogen) atoms. The Morgan fingerprint density at radius 3 is 2.24 bits per heavy atom. The number of hydrogen-bond donors (Lipinski definition) is 0. The summed E-state index contributed by atoms with van der Waals surface area (Å²) >= 11 is 6.04. The lowest BCUT2D eigenvalue weighted by Crippen LogP contribution is -2.36. The highest BCUT2D eigenvalue weighted by Gasteiger charge is 2.42. The highest BCUT2D eigenvalue weighted by atomic mass is 35.5. The molecule has 1 saturated heterocycles. The van der Waals surface area contributed by atoms with Gasteiger partial charge in [0.2, 0.25) is 0 Å². The van der Waals surface area contributed by atoms with Gasteiger partial charge in [-0.25, -0.2) is 0 Å². The van der Waals surface area contributed by atoms with E-state index in [-0.39, 0.29) is 12.2 Å². The van der Waals surface area contributed by atoms with Crippen molar-refractivity contribution in [2.75, 3.05) is 19.0 Å². The zero-order valence-corrected chi connectivity index (χ0v) is 15.7. The first-order valence-corrected chi connectivity index (χ1v) is 9.34. The number of alkyl halides is 1. The lowest BCUT2D eigenvalue weighted by Gasteiger charge is -2.27. The summed E-state index contributed by atoms with van der Waals surface area (Å²) in [5, 5.41) is 0. The van der Waals surface area contributed by atoms with E-state index < -0.39 is 5.79 Å². The number of benzene rings is 2. The summed E-state index contributed by atoms with van der Waals surface area (Å²) in [5.74, 6) is 0.0182. The molecule has 3 rings (SSSR count). The van der Waals surface area contributed by atoms with Gasteiger partial charge in [0.05, 0.1) is 0 Å². The van der Waals surface area contributed by atoms with Crippen molar-refractivity contribution in [2.24, 2.45) is 0 Å². The van der Waals surface area contributed by atoms with E-state index in [9.17, 15) is 0 Å². The topological polar surface area (TPSA) is 21.7 Å². The van der Waals surface area contributed by atoms with Crippen molar-refractivity contribution in [1.29, 1.82) is 0 Å². The Bertz CT molecular complexity index is 647. The highest BCUT2D eigenvalue weighted by molar-refractivity contribution is 6.18. The first-order chi connectivity index (χ1) is 12.1. The van der Waals surface area contributed by atoms with Gasteiger partial charge in [0.1, 0.15) is 12.2 Å². The zero-order valence-electron chi connectivity index (χ0n) is 14.9. The van der Waals surface area contributed by atoms with Crippen LogP contribution in [0.3, 0.4) is 0 Å². The lowest BCUT2D eigenvalue weighted by molar-refractivity contribution is -0.148. The number of rotatable bonds is 7. The largest absolute Gasteiger partial charge is 0.343 e. The van der Waals surface area contributed by atoms with Gasteiger partial charge in [-0.1, -0.05) is 60.7 Å². The fraction of sp³-hybridized carbons (Fsp3) is 0.429. The van der Waals surface area contributed by atoms with Crippen LogP contribution in [0.25, 0.3) is 0 Å². The maximum absolute atomic E-state index is 6.22. The summed E-state index contributed by atoms with van der Waals surface area (Å²) in [6.45, 7) is 6.41. The van der Waals surface area contributed by atoms with E-state index in [0.717, 1.165) is 25.2 Å². The fourth-order valence-electron chi connectivity index (χ4n) is 3.34. The average molecular weight is 360 g/mol. The predicted molar refractivity (Wildman–Crippen MR) is 102 cm³/mol. The van der Waals surface area contributed by atoms with E-state index in [1.807, 2.05) is 38.1 Å². The number of ether oxygens (including phenoxy) is 2. The van der Waals surface area contributed by atoms with Crippen LogP contribution in [0.2, 0.25) is 0 Å². The third-order valence-electron chi connectivity index (χ3n) is 4.40. The third kappa shape index (κ3) is 5.05. The molecule has 0 saturated carbocycles. The molecule has 0 radical (unpaired) electrons. The standard InChI is InChI=1S/C21H26ClNO2/c1-21(2)24-19(20(25-21)18-11-7-4-8-12-18)16-23(14-13-22)15-17-9-5-3-6-10-17/h3-12,19-20H,13-16H2,1-2H3/t19-,20+/m0/s1. The third-order valence-corrected chi connectivity index (χ3v) is 4.57. The molecule has 0 N–H and O–H groups in total. The van der Waals surface area contributed by atoms with Crippen LogP contribution in [-0.2, 0) is 16.0 Å². The van der Waals surface area contributed by atoms with Crippen LogP contribution in [-0.4, -0.2) is 35.8 Å². The molecule has 3 nitrogen and oxygen atoms in total. The van der Waals surface area contributed by atoms with Crippen LogP contribution in [0.4, 0.5) is 0 Å². The van der Waals surface area contributed by atoms with Gasteiger partial charge in [-0.05, 0) is 25.0 Å². The number of nitrogens with zero attached hydrogens (tertiary/aromatic N) is 1. The molecule has 4 heteroatoms. The molecule has 134 valence electrons. The van der Waals surface area contributed by atoms with Crippen molar-refractivity contribution >= 4 is 11.6 Å². The first kappa shape index (κ1) is 18.4. The molecule has 0 bridgehead atoms. The van der Waals surface area contributed by atoms with E-state index in [0.29, 0.717) is 5.88 Å². The molecule has 0 amide bonds. The minimum Gasteiger partial charge on any atom is -0.343 e. The summed E-state index contributed by atoms with van der Waals surface area (Å²) in [6, 6.07) is 20.8. The van der Waals surface area contributed by atoms with E-state index >= 15 is 0 Å². The van der Waals surface area contributed by atoms with Crippen molar-refractivity contribution in [3.63, 3.8) is 0 Å². The molecule has 0 spiro atoms. The maximum Gasteiger partial charge on any atom is 0.164 e. The Hall–Kier alpha value is -1.39. The number of hydrogen-bond acceptors (Lipinski definition) is 3. The molecule has 1 aliphatic heterocycles. The Kier molecular flexibility index (Phi) is 6.13. The van der Waals surface area contributed by atoms with Gasteiger partial charge in [-0.2, -0.15) is 0 Å². The zero-order chi connectivity index (χ0) is 17.7. The van der Waals surface area contributed by atoms with Gasteiger partial charge in [0.25, 0.3) is 0 Å². The van der Waals surface area contributed by atoms with Crippen LogP contribution in [0.15, 0.2) is 60.7 Å². The molecule has 0 aliphatic carbocycles. The molecule has 2 atom stereocenters. The van der Waals surface area contributed by atoms with E-state index in [4.69, 9.17) is 21.1 Å². The lowest BCUT2D eigenvalue weighted by atomic mass is 10.0. The van der Waals surface area contributed by atoms with Gasteiger partial charge in [0, 0.05) is 25.5 Å². The van der Waals surface area contributed by atoms with Crippen LogP contribution >= 0.6 is 11.6 Å². The molecular weight excluding hydrogens is 334 g/mol. The van der Waals surface area contributed by atoms with Crippen molar-refractivity contribution in [3.8, 4) is 0 Å². The predicted octanol–water partition coefficient (Wildman–Crippen LogP) is 4.62. The van der Waals surface area contributed by atoms with Crippen molar-refractivity contribution in [1.82, 2.24) is 4.90 Å². The minimum absolute atomic E-state index is 0.0238. The van der Waals surface area contributed by atoms with E-state index in [2.05, 4.69) is 41.3 Å². The fourth-order valence-corrected chi connectivity index (χ4v) is 3.58. The molecular formula is C21H26ClNO2. The Balaban J connectivity index is 1.74. The molecule has 1 aliphatic rings. The Morgan fingerprint density at radius 2 is 1.60 bits per heavy atom. The van der Waals surface area contributed by atoms with Crippen LogP contribution < -0.4 is 0 Å². The Morgan fingerprint density at radius 1 is 0.960 bits per heavy atom. The van der Waals surface area contributed by atoms with Gasteiger partial charge in [-0.15, -0.1) is 11.6 Å². The SMILES string of the molecule is CC1(C)O[C@@H](CN(CCCl)Cc2ccccc2)[C@@H](c2ccccc2)O1. The van der Waals surface area contributed by atoms with Crippen LogP contribution in [0, 0.1) is 0 Å². The highest BCUT2D eigenvalue weighted by Crippen LogP contribution is 2.38. The van der Waals surface area contributed by atoms with Crippen LogP contribution in [0.1, 0.15) is 31.1 Å². The summed E-state index contributed by atoms with van der Waals surface area (Å²) in [5.41, 5.74) is 2.44. The molecule has 1 heterocycles. The van der Waals surface area contributed by atoms with Crippen LogP contribution in [0.5, 0.6) is 0 Å². The Labute approximate surface area is 155 Å². The molecule has 1 fully saturated rings. The molecule has 0 unspecified atom stereocenters. The smallest absolute Gasteiger partial charge is 0.164 e. The summed E-state index contributed by atoms with van der Waals surface area (Å²) < 4.78 is 12.4. The van der Waals surface area contributed by atoms with Gasteiger partial charge in [-0.3, -0.25) is 4.90 Å². The second-order valence-electron chi connectivity index (χ2n) is 6.91. The van der Waals surface area contributed by atoms with Crippen molar-refractivity contribution < 1.29 is 9.47 Å². The van der Waals surface area contributed by atoms with Crippen molar-refractivity contribution in [2.45, 2.75) is 38.4 Å². The monoisotopic (exact) mass is 359 g/mol. The second-order valence-corrected chi connectivity index (χ2v) is 7.29. The van der Waals surface area contributed by atoms with Gasteiger partial charge in [0.15, 0.2) is 5.79 Å². The van der Waals surface area contributed by atoms with Gasteiger partial charge >= 0.3 is 0 Å². The molecule has 2 aromatic rings. The van der Waals surface area contributed by atoms with Gasteiger partial charge < -0.3 is 9.47 Å². The molecule has 0 aromatic heterocycles. The maximum atomic E-state index is 6.22. The minimum atomic E-state index is -0.579. The summed E-state index contributed by atoms with van der Waals surface area (Å²) in [4.78, 5) is 2.34. The molecule has 2 aromatic carbocycles. The summed E-state index contributed by atoms with van der Waals surface area (Å²) in [6.07, 6.45) is -0.0888. The second kappa shape index (κ2) is 8.33. The van der Waals surface area contributed by atoms with E-state index in [1.54, 1.807) is 0 Å². The number of halogens is 1. The quantitative estimate of drug-likeness (QED) is 0.673. The summed E-state index contributed by atoms with van der Waals surface area (Å²) in [7, 11) is 0. The van der Waals surface area contributed by atoms with E-state index in [1.165, 1.54) is 5.56 Å². The average Bonchev–Trinajstić information content (AvgIpc) is 2.91. The first-order valence-electron chi connectivity index (χ1n) is 8.80.